The van der Waals surface area contributed by atoms with Crippen molar-refractivity contribution in [2.24, 2.45) is 0 Å². The molecule has 0 unspecified atom stereocenters. The van der Waals surface area contributed by atoms with Crippen molar-refractivity contribution in [2.45, 2.75) is 74.7 Å². The quantitative estimate of drug-likeness (QED) is 0.553. The summed E-state index contributed by atoms with van der Waals surface area (Å²) in [7, 11) is 3.31. The lowest BCUT2D eigenvalue weighted by atomic mass is 9.80. The van der Waals surface area contributed by atoms with Crippen LogP contribution in [0, 0.1) is 0 Å². The second kappa shape index (κ2) is 11.8. The summed E-state index contributed by atoms with van der Waals surface area (Å²) in [5, 5.41) is 3.14. The van der Waals surface area contributed by atoms with Gasteiger partial charge in [0.05, 0.1) is 13.2 Å². The Hall–Kier alpha value is -2.33. The maximum Gasteiger partial charge on any atom is 0.252 e. The maximum absolute atomic E-state index is 14.0. The van der Waals surface area contributed by atoms with Gasteiger partial charge in [0.2, 0.25) is 5.91 Å². The van der Waals surface area contributed by atoms with Crippen LogP contribution < -0.4 is 5.32 Å². The standard InChI is InChI=1S/C29H41N3O6/c1-36-17-16-31-14-10-21(11-15-31)20-6-8-22(9-7-20)27(34)30-29(12-4-3-5-13-29)28(35)32-18-24(37-2)26-25(32)23(33)19-38-26/h6-9,21,24-26H,3-5,10-19H2,1-2H3,(H,30,34)/t24-,25+,26+/m0/s1. The zero-order chi connectivity index (χ0) is 26.7. The highest BCUT2D eigenvalue weighted by Crippen LogP contribution is 2.36. The van der Waals surface area contributed by atoms with E-state index < -0.39 is 17.7 Å². The van der Waals surface area contributed by atoms with Crippen molar-refractivity contribution in [1.82, 2.24) is 15.1 Å². The molecule has 5 rings (SSSR count). The van der Waals surface area contributed by atoms with Crippen LogP contribution in [0.15, 0.2) is 24.3 Å². The summed E-state index contributed by atoms with van der Waals surface area (Å²) in [6.45, 7) is 4.13. The summed E-state index contributed by atoms with van der Waals surface area (Å²) in [5.74, 6) is -0.0366. The smallest absolute Gasteiger partial charge is 0.252 e. The van der Waals surface area contributed by atoms with E-state index in [1.54, 1.807) is 19.1 Å². The number of nitrogens with one attached hydrogen (secondary N) is 1. The number of amides is 2. The first-order chi connectivity index (χ1) is 18.5. The lowest BCUT2D eigenvalue weighted by molar-refractivity contribution is -0.143. The lowest BCUT2D eigenvalue weighted by Crippen LogP contribution is -2.62. The molecule has 4 fully saturated rings. The SMILES string of the molecule is COCCN1CCC(c2ccc(C(=O)NC3(C(=O)N4C[C@H](OC)[C@H]5OCC(=O)[C@H]54)CCCCC3)cc2)CC1. The number of likely N-dealkylation sites (tertiary alicyclic amines) is 2. The number of hydrogen-bond donors (Lipinski definition) is 1. The second-order valence-corrected chi connectivity index (χ2v) is 11.2. The summed E-state index contributed by atoms with van der Waals surface area (Å²) >= 11 is 0. The third-order valence-electron chi connectivity index (χ3n) is 9.01. The molecule has 3 atom stereocenters. The van der Waals surface area contributed by atoms with Crippen molar-refractivity contribution >= 4 is 17.6 Å². The number of piperidine rings is 1. The Bertz CT molecular complexity index is 1000. The Balaban J connectivity index is 1.26. The highest BCUT2D eigenvalue weighted by Gasteiger charge is 2.56. The molecule has 1 aromatic carbocycles. The molecular weight excluding hydrogens is 486 g/mol. The van der Waals surface area contributed by atoms with Gasteiger partial charge >= 0.3 is 0 Å². The van der Waals surface area contributed by atoms with Gasteiger partial charge < -0.3 is 29.3 Å². The van der Waals surface area contributed by atoms with Crippen LogP contribution in [-0.4, -0.2) is 105 Å². The zero-order valence-electron chi connectivity index (χ0n) is 22.7. The zero-order valence-corrected chi connectivity index (χ0v) is 22.7. The topological polar surface area (TPSA) is 97.4 Å². The Morgan fingerprint density at radius 1 is 1.08 bits per heavy atom. The first-order valence-corrected chi connectivity index (χ1v) is 14.1. The number of ether oxygens (including phenoxy) is 3. The molecular formula is C29H41N3O6. The largest absolute Gasteiger partial charge is 0.383 e. The monoisotopic (exact) mass is 527 g/mol. The minimum absolute atomic E-state index is 0.00311. The summed E-state index contributed by atoms with van der Waals surface area (Å²) in [6.07, 6.45) is 5.28. The predicted octanol–water partition coefficient (Wildman–Crippen LogP) is 2.14. The summed E-state index contributed by atoms with van der Waals surface area (Å²) in [5.41, 5.74) is 0.794. The molecule has 3 saturated heterocycles. The summed E-state index contributed by atoms with van der Waals surface area (Å²) < 4.78 is 16.4. The van der Waals surface area contributed by atoms with E-state index in [0.717, 1.165) is 58.3 Å². The minimum atomic E-state index is -1.01. The molecule has 0 radical (unpaired) electrons. The molecule has 3 aliphatic heterocycles. The Morgan fingerprint density at radius 3 is 2.45 bits per heavy atom. The fourth-order valence-electron chi connectivity index (χ4n) is 6.76. The number of nitrogens with zero attached hydrogens (tertiary/aromatic N) is 2. The first kappa shape index (κ1) is 27.2. The van der Waals surface area contributed by atoms with Gasteiger partial charge in [0.15, 0.2) is 5.78 Å². The van der Waals surface area contributed by atoms with E-state index in [4.69, 9.17) is 14.2 Å². The van der Waals surface area contributed by atoms with Gasteiger partial charge in [0.1, 0.15) is 30.4 Å². The molecule has 9 nitrogen and oxygen atoms in total. The number of ketones is 1. The number of Topliss-reactive ketones (excluding diaryl/α,β-unsaturated/α-hetero) is 1. The summed E-state index contributed by atoms with van der Waals surface area (Å²) in [6, 6.07) is 7.24. The molecule has 1 aliphatic carbocycles. The van der Waals surface area contributed by atoms with Crippen molar-refractivity contribution in [2.75, 3.05) is 53.6 Å². The highest BCUT2D eigenvalue weighted by atomic mass is 16.5. The highest BCUT2D eigenvalue weighted by molar-refractivity contribution is 6.01. The van der Waals surface area contributed by atoms with Gasteiger partial charge in [0.25, 0.3) is 5.91 Å². The normalized spacial score (nSPS) is 27.9. The Kier molecular flexibility index (Phi) is 8.47. The van der Waals surface area contributed by atoms with Gasteiger partial charge in [-0.15, -0.1) is 0 Å². The number of carbonyl (C=O) groups is 3. The second-order valence-electron chi connectivity index (χ2n) is 11.2. The van der Waals surface area contributed by atoms with Crippen LogP contribution in [0.25, 0.3) is 0 Å². The van der Waals surface area contributed by atoms with Gasteiger partial charge in [-0.25, -0.2) is 0 Å². The average Bonchev–Trinajstić information content (AvgIpc) is 3.52. The van der Waals surface area contributed by atoms with E-state index in [1.165, 1.54) is 5.56 Å². The molecule has 0 aromatic heterocycles. The van der Waals surface area contributed by atoms with E-state index in [9.17, 15) is 14.4 Å². The maximum atomic E-state index is 14.0. The van der Waals surface area contributed by atoms with Crippen molar-refractivity contribution < 1.29 is 28.6 Å². The summed E-state index contributed by atoms with van der Waals surface area (Å²) in [4.78, 5) is 44.2. The van der Waals surface area contributed by atoms with Crippen LogP contribution >= 0.6 is 0 Å². The van der Waals surface area contributed by atoms with Gasteiger partial charge in [-0.05, 0) is 62.4 Å². The molecule has 4 aliphatic rings. The van der Waals surface area contributed by atoms with Crippen LogP contribution in [0.2, 0.25) is 0 Å². The number of carbonyl (C=O) groups excluding carboxylic acids is 3. The molecule has 3 heterocycles. The third-order valence-corrected chi connectivity index (χ3v) is 9.01. The average molecular weight is 528 g/mol. The minimum Gasteiger partial charge on any atom is -0.383 e. The molecule has 2 amide bonds. The predicted molar refractivity (Wildman–Crippen MR) is 141 cm³/mol. The van der Waals surface area contributed by atoms with Crippen LogP contribution in [0.4, 0.5) is 0 Å². The van der Waals surface area contributed by atoms with Gasteiger partial charge in [0, 0.05) is 26.3 Å². The van der Waals surface area contributed by atoms with E-state index in [0.29, 0.717) is 30.9 Å². The third kappa shape index (κ3) is 5.39. The number of rotatable bonds is 8. The molecule has 0 bridgehead atoms. The first-order valence-electron chi connectivity index (χ1n) is 14.1. The number of hydrogen-bond acceptors (Lipinski definition) is 7. The van der Waals surface area contributed by atoms with Crippen LogP contribution in [0.5, 0.6) is 0 Å². The number of fused-ring (bicyclic) bond motifs is 1. The lowest BCUT2D eigenvalue weighted by Gasteiger charge is -2.40. The van der Waals surface area contributed by atoms with E-state index in [1.807, 2.05) is 12.1 Å². The molecule has 1 aromatic rings. The Morgan fingerprint density at radius 2 is 1.79 bits per heavy atom. The number of methoxy groups -OCH3 is 2. The van der Waals surface area contributed by atoms with Gasteiger partial charge in [-0.3, -0.25) is 14.4 Å². The Labute approximate surface area is 225 Å². The van der Waals surface area contributed by atoms with Crippen molar-refractivity contribution in [1.29, 1.82) is 0 Å². The molecule has 38 heavy (non-hydrogen) atoms. The number of benzene rings is 1. The molecule has 0 spiro atoms. The van der Waals surface area contributed by atoms with Crippen molar-refractivity contribution in [3.63, 3.8) is 0 Å². The fraction of sp³-hybridized carbons (Fsp3) is 0.690. The van der Waals surface area contributed by atoms with Crippen molar-refractivity contribution in [3.8, 4) is 0 Å². The molecule has 9 heteroatoms. The van der Waals surface area contributed by atoms with E-state index in [2.05, 4.69) is 22.3 Å². The fourth-order valence-corrected chi connectivity index (χ4v) is 6.76. The van der Waals surface area contributed by atoms with E-state index in [-0.39, 0.29) is 30.3 Å². The molecule has 208 valence electrons. The van der Waals surface area contributed by atoms with Gasteiger partial charge in [-0.2, -0.15) is 0 Å². The molecule has 1 N–H and O–H groups in total. The van der Waals surface area contributed by atoms with Crippen molar-refractivity contribution in [3.05, 3.63) is 35.4 Å². The van der Waals surface area contributed by atoms with E-state index >= 15 is 0 Å². The van der Waals surface area contributed by atoms with Crippen LogP contribution in [0.1, 0.15) is 66.8 Å². The van der Waals surface area contributed by atoms with Crippen LogP contribution in [0.3, 0.4) is 0 Å². The van der Waals surface area contributed by atoms with Crippen LogP contribution in [-0.2, 0) is 23.8 Å². The molecule has 1 saturated carbocycles. The van der Waals surface area contributed by atoms with Gasteiger partial charge in [-0.1, -0.05) is 31.4 Å².